The van der Waals surface area contributed by atoms with Gasteiger partial charge in [-0.05, 0) is 37.9 Å². The van der Waals surface area contributed by atoms with Gasteiger partial charge >= 0.3 is 5.97 Å². The molecule has 0 bridgehead atoms. The molecule has 0 spiro atoms. The molecule has 1 aliphatic rings. The zero-order valence-corrected chi connectivity index (χ0v) is 11.8. The Kier molecular flexibility index (Phi) is 4.97. The average molecular weight is 261 g/mol. The third-order valence-electron chi connectivity index (χ3n) is 3.79. The summed E-state index contributed by atoms with van der Waals surface area (Å²) >= 11 is 0. The lowest BCUT2D eigenvalue weighted by molar-refractivity contribution is -0.151. The number of likely N-dealkylation sites (tertiary alicyclic amines) is 1. The molecule has 3 nitrogen and oxygen atoms in total. The average Bonchev–Trinajstić information content (AvgIpc) is 2.45. The SMILES string of the molecule is CCCOC(=O)[C@H]1CN(C)CC[C@@H]1c1ccccc1. The van der Waals surface area contributed by atoms with Crippen molar-refractivity contribution in [3.8, 4) is 0 Å². The number of carbonyl (C=O) groups excluding carboxylic acids is 1. The van der Waals surface area contributed by atoms with Crippen LogP contribution in [-0.2, 0) is 9.53 Å². The van der Waals surface area contributed by atoms with E-state index in [0.29, 0.717) is 12.5 Å². The van der Waals surface area contributed by atoms with Gasteiger partial charge < -0.3 is 9.64 Å². The highest BCUT2D eigenvalue weighted by molar-refractivity contribution is 5.74. The molecule has 2 atom stereocenters. The van der Waals surface area contributed by atoms with E-state index in [4.69, 9.17) is 4.74 Å². The molecular weight excluding hydrogens is 238 g/mol. The molecule has 0 amide bonds. The minimum atomic E-state index is -0.0396. The molecule has 1 saturated heterocycles. The summed E-state index contributed by atoms with van der Waals surface area (Å²) in [6, 6.07) is 10.3. The molecule has 0 aromatic heterocycles. The summed E-state index contributed by atoms with van der Waals surface area (Å²) in [5.41, 5.74) is 1.26. The number of hydrogen-bond donors (Lipinski definition) is 0. The molecule has 1 aromatic rings. The van der Waals surface area contributed by atoms with Crippen LogP contribution in [0, 0.1) is 5.92 Å². The van der Waals surface area contributed by atoms with Crippen molar-refractivity contribution in [2.45, 2.75) is 25.7 Å². The Balaban J connectivity index is 2.13. The van der Waals surface area contributed by atoms with E-state index in [0.717, 1.165) is 25.9 Å². The van der Waals surface area contributed by atoms with Crippen molar-refractivity contribution >= 4 is 5.97 Å². The maximum absolute atomic E-state index is 12.2. The van der Waals surface area contributed by atoms with Gasteiger partial charge in [0.2, 0.25) is 0 Å². The summed E-state index contributed by atoms with van der Waals surface area (Å²) in [5.74, 6) is 0.219. The number of rotatable bonds is 4. The zero-order chi connectivity index (χ0) is 13.7. The molecule has 1 aromatic carbocycles. The molecule has 2 rings (SSSR count). The van der Waals surface area contributed by atoms with Crippen LogP contribution >= 0.6 is 0 Å². The van der Waals surface area contributed by atoms with Crippen LogP contribution in [0.2, 0.25) is 0 Å². The van der Waals surface area contributed by atoms with Crippen molar-refractivity contribution in [2.75, 3.05) is 26.7 Å². The Morgan fingerprint density at radius 3 is 2.79 bits per heavy atom. The smallest absolute Gasteiger partial charge is 0.310 e. The first-order chi connectivity index (χ1) is 9.22. The fourth-order valence-corrected chi connectivity index (χ4v) is 2.76. The van der Waals surface area contributed by atoms with Crippen LogP contribution in [0.5, 0.6) is 0 Å². The maximum Gasteiger partial charge on any atom is 0.310 e. The van der Waals surface area contributed by atoms with Gasteiger partial charge in [0.25, 0.3) is 0 Å². The molecule has 1 fully saturated rings. The Morgan fingerprint density at radius 1 is 1.37 bits per heavy atom. The highest BCUT2D eigenvalue weighted by Crippen LogP contribution is 2.33. The summed E-state index contributed by atoms with van der Waals surface area (Å²) in [4.78, 5) is 14.5. The predicted octanol–water partition coefficient (Wildman–Crippen LogP) is 2.68. The van der Waals surface area contributed by atoms with Crippen molar-refractivity contribution in [1.82, 2.24) is 4.90 Å². The molecular formula is C16H23NO2. The minimum absolute atomic E-state index is 0.0345. The molecule has 0 aliphatic carbocycles. The van der Waals surface area contributed by atoms with E-state index in [9.17, 15) is 4.79 Å². The van der Waals surface area contributed by atoms with Crippen molar-refractivity contribution in [3.63, 3.8) is 0 Å². The zero-order valence-electron chi connectivity index (χ0n) is 11.8. The number of carbonyl (C=O) groups is 1. The normalized spacial score (nSPS) is 24.1. The molecule has 1 heterocycles. The van der Waals surface area contributed by atoms with Gasteiger partial charge in [-0.3, -0.25) is 4.79 Å². The van der Waals surface area contributed by atoms with Crippen LogP contribution in [0.3, 0.4) is 0 Å². The predicted molar refractivity (Wildman–Crippen MR) is 76.0 cm³/mol. The van der Waals surface area contributed by atoms with Gasteiger partial charge in [-0.25, -0.2) is 0 Å². The Morgan fingerprint density at radius 2 is 2.11 bits per heavy atom. The first kappa shape index (κ1) is 14.1. The summed E-state index contributed by atoms with van der Waals surface area (Å²) in [6.07, 6.45) is 1.90. The van der Waals surface area contributed by atoms with Gasteiger partial charge in [0.15, 0.2) is 0 Å². The second-order valence-electron chi connectivity index (χ2n) is 5.34. The first-order valence-electron chi connectivity index (χ1n) is 7.12. The van der Waals surface area contributed by atoms with Gasteiger partial charge in [-0.1, -0.05) is 37.3 Å². The highest BCUT2D eigenvalue weighted by Gasteiger charge is 2.35. The number of esters is 1. The molecule has 0 unspecified atom stereocenters. The number of piperidine rings is 1. The molecule has 3 heteroatoms. The fraction of sp³-hybridized carbons (Fsp3) is 0.562. The topological polar surface area (TPSA) is 29.5 Å². The quantitative estimate of drug-likeness (QED) is 0.780. The standard InChI is InChI=1S/C16H23NO2/c1-3-11-19-16(18)15-12-17(2)10-9-14(15)13-7-5-4-6-8-13/h4-8,14-15H,3,9-12H2,1-2H3/t14-,15+/m1/s1. The fourth-order valence-electron chi connectivity index (χ4n) is 2.76. The maximum atomic E-state index is 12.2. The van der Waals surface area contributed by atoms with Crippen molar-refractivity contribution in [2.24, 2.45) is 5.92 Å². The summed E-state index contributed by atoms with van der Waals surface area (Å²) < 4.78 is 5.37. The van der Waals surface area contributed by atoms with Gasteiger partial charge in [0, 0.05) is 6.54 Å². The molecule has 0 saturated carbocycles. The molecule has 1 aliphatic heterocycles. The lowest BCUT2D eigenvalue weighted by atomic mass is 9.80. The summed E-state index contributed by atoms with van der Waals surface area (Å²) in [6.45, 7) is 4.38. The van der Waals surface area contributed by atoms with Crippen molar-refractivity contribution in [1.29, 1.82) is 0 Å². The Hall–Kier alpha value is -1.35. The molecule has 104 valence electrons. The van der Waals surface area contributed by atoms with Gasteiger partial charge in [0.1, 0.15) is 0 Å². The van der Waals surface area contributed by atoms with Gasteiger partial charge in [0.05, 0.1) is 12.5 Å². The van der Waals surface area contributed by atoms with Crippen LogP contribution in [0.1, 0.15) is 31.2 Å². The van der Waals surface area contributed by atoms with Crippen molar-refractivity contribution in [3.05, 3.63) is 35.9 Å². The minimum Gasteiger partial charge on any atom is -0.465 e. The Bertz CT molecular complexity index is 404. The second kappa shape index (κ2) is 6.71. The van der Waals surface area contributed by atoms with Crippen molar-refractivity contribution < 1.29 is 9.53 Å². The molecule has 0 radical (unpaired) electrons. The van der Waals surface area contributed by atoms with Gasteiger partial charge in [-0.15, -0.1) is 0 Å². The third-order valence-corrected chi connectivity index (χ3v) is 3.79. The number of nitrogens with zero attached hydrogens (tertiary/aromatic N) is 1. The number of benzene rings is 1. The van der Waals surface area contributed by atoms with E-state index in [2.05, 4.69) is 24.1 Å². The largest absolute Gasteiger partial charge is 0.465 e. The first-order valence-corrected chi connectivity index (χ1v) is 7.12. The van der Waals surface area contributed by atoms with E-state index >= 15 is 0 Å². The van der Waals surface area contributed by atoms with E-state index in [-0.39, 0.29) is 11.9 Å². The van der Waals surface area contributed by atoms with Crippen LogP contribution in [-0.4, -0.2) is 37.6 Å². The number of hydrogen-bond acceptors (Lipinski definition) is 3. The van der Waals surface area contributed by atoms with Crippen LogP contribution in [0.15, 0.2) is 30.3 Å². The monoisotopic (exact) mass is 261 g/mol. The Labute approximate surface area is 115 Å². The lowest BCUT2D eigenvalue weighted by Gasteiger charge is -2.35. The highest BCUT2D eigenvalue weighted by atomic mass is 16.5. The van der Waals surface area contributed by atoms with E-state index < -0.39 is 0 Å². The van der Waals surface area contributed by atoms with Crippen LogP contribution in [0.4, 0.5) is 0 Å². The lowest BCUT2D eigenvalue weighted by Crippen LogP contribution is -2.41. The second-order valence-corrected chi connectivity index (χ2v) is 5.34. The molecule has 0 N–H and O–H groups in total. The molecule has 19 heavy (non-hydrogen) atoms. The summed E-state index contributed by atoms with van der Waals surface area (Å²) in [5, 5.41) is 0. The van der Waals surface area contributed by atoms with E-state index in [1.165, 1.54) is 5.56 Å². The summed E-state index contributed by atoms with van der Waals surface area (Å²) in [7, 11) is 2.07. The van der Waals surface area contributed by atoms with E-state index in [1.807, 2.05) is 25.1 Å². The van der Waals surface area contributed by atoms with Crippen LogP contribution in [0.25, 0.3) is 0 Å². The van der Waals surface area contributed by atoms with Gasteiger partial charge in [-0.2, -0.15) is 0 Å². The number of ether oxygens (including phenoxy) is 1. The van der Waals surface area contributed by atoms with E-state index in [1.54, 1.807) is 0 Å². The van der Waals surface area contributed by atoms with Crippen LogP contribution < -0.4 is 0 Å². The third kappa shape index (κ3) is 3.57.